The van der Waals surface area contributed by atoms with Crippen LogP contribution in [0.3, 0.4) is 0 Å². The standard InChI is InChI=1S/C13H16O3/c1-9-8-13(2,16-12(9)14)10-6-4-5-7-11(10)15-3/h4-7,9H,8H2,1-3H3/t9-,13+/m0/s1. The van der Waals surface area contributed by atoms with Crippen LogP contribution in [0.25, 0.3) is 0 Å². The Morgan fingerprint density at radius 3 is 2.69 bits per heavy atom. The average molecular weight is 220 g/mol. The molecule has 0 bridgehead atoms. The number of esters is 1. The van der Waals surface area contributed by atoms with E-state index in [1.807, 2.05) is 38.1 Å². The quantitative estimate of drug-likeness (QED) is 0.718. The number of methoxy groups -OCH3 is 1. The highest BCUT2D eigenvalue weighted by Crippen LogP contribution is 2.42. The van der Waals surface area contributed by atoms with Gasteiger partial charge in [0.05, 0.1) is 13.0 Å². The fraction of sp³-hybridized carbons (Fsp3) is 0.462. The lowest BCUT2D eigenvalue weighted by atomic mass is 9.89. The van der Waals surface area contributed by atoms with Crippen molar-refractivity contribution in [2.75, 3.05) is 7.11 Å². The second-order valence-corrected chi connectivity index (χ2v) is 4.46. The van der Waals surface area contributed by atoms with Gasteiger partial charge < -0.3 is 9.47 Å². The number of hydrogen-bond donors (Lipinski definition) is 0. The van der Waals surface area contributed by atoms with Crippen LogP contribution in [0.1, 0.15) is 25.8 Å². The van der Waals surface area contributed by atoms with E-state index in [0.29, 0.717) is 6.42 Å². The number of para-hydroxylation sites is 1. The van der Waals surface area contributed by atoms with Crippen molar-refractivity contribution in [3.8, 4) is 5.75 Å². The summed E-state index contributed by atoms with van der Waals surface area (Å²) in [4.78, 5) is 11.5. The Labute approximate surface area is 95.4 Å². The molecule has 1 fully saturated rings. The number of benzene rings is 1. The SMILES string of the molecule is COc1ccccc1[C@@]1(C)C[C@H](C)C(=O)O1. The zero-order valence-electron chi connectivity index (χ0n) is 9.82. The summed E-state index contributed by atoms with van der Waals surface area (Å²) in [5, 5.41) is 0. The molecule has 0 aliphatic carbocycles. The Morgan fingerprint density at radius 1 is 1.44 bits per heavy atom. The molecule has 0 unspecified atom stereocenters. The van der Waals surface area contributed by atoms with Crippen LogP contribution in [0.15, 0.2) is 24.3 Å². The maximum absolute atomic E-state index is 11.5. The predicted octanol–water partition coefficient (Wildman–Crippen LogP) is 2.49. The van der Waals surface area contributed by atoms with Crippen molar-refractivity contribution in [1.82, 2.24) is 0 Å². The average Bonchev–Trinajstić information content (AvgIpc) is 2.54. The fourth-order valence-electron chi connectivity index (χ4n) is 2.28. The molecule has 1 heterocycles. The second kappa shape index (κ2) is 3.81. The van der Waals surface area contributed by atoms with Crippen LogP contribution >= 0.6 is 0 Å². The van der Waals surface area contributed by atoms with Gasteiger partial charge in [-0.3, -0.25) is 4.79 Å². The van der Waals surface area contributed by atoms with Gasteiger partial charge in [0.1, 0.15) is 11.4 Å². The number of ether oxygens (including phenoxy) is 2. The molecule has 1 aliphatic heterocycles. The van der Waals surface area contributed by atoms with Gasteiger partial charge in [-0.15, -0.1) is 0 Å². The van der Waals surface area contributed by atoms with E-state index in [-0.39, 0.29) is 11.9 Å². The Kier molecular flexibility index (Phi) is 2.62. The number of carbonyl (C=O) groups is 1. The molecule has 2 atom stereocenters. The molecule has 1 saturated heterocycles. The molecule has 0 N–H and O–H groups in total. The van der Waals surface area contributed by atoms with Gasteiger partial charge in [-0.1, -0.05) is 25.1 Å². The van der Waals surface area contributed by atoms with E-state index in [1.165, 1.54) is 0 Å². The van der Waals surface area contributed by atoms with Gasteiger partial charge in [0.15, 0.2) is 0 Å². The summed E-state index contributed by atoms with van der Waals surface area (Å²) in [7, 11) is 1.63. The summed E-state index contributed by atoms with van der Waals surface area (Å²) in [6.45, 7) is 3.83. The second-order valence-electron chi connectivity index (χ2n) is 4.46. The highest BCUT2D eigenvalue weighted by Gasteiger charge is 2.43. The van der Waals surface area contributed by atoms with E-state index in [9.17, 15) is 4.79 Å². The monoisotopic (exact) mass is 220 g/mol. The van der Waals surface area contributed by atoms with Crippen LogP contribution < -0.4 is 4.74 Å². The van der Waals surface area contributed by atoms with Gasteiger partial charge in [0.25, 0.3) is 0 Å². The minimum absolute atomic E-state index is 0.0464. The lowest BCUT2D eigenvalue weighted by Crippen LogP contribution is -2.21. The lowest BCUT2D eigenvalue weighted by molar-refractivity contribution is -0.149. The largest absolute Gasteiger partial charge is 0.496 e. The minimum Gasteiger partial charge on any atom is -0.496 e. The number of cyclic esters (lactones) is 1. The molecule has 1 aromatic rings. The number of carbonyl (C=O) groups excluding carboxylic acids is 1. The van der Waals surface area contributed by atoms with E-state index < -0.39 is 5.60 Å². The molecule has 0 radical (unpaired) electrons. The van der Waals surface area contributed by atoms with Crippen molar-refractivity contribution in [2.24, 2.45) is 5.92 Å². The summed E-state index contributed by atoms with van der Waals surface area (Å²) in [5.41, 5.74) is 0.388. The molecule has 0 spiro atoms. The molecule has 0 aromatic heterocycles. The normalized spacial score (nSPS) is 28.9. The highest BCUT2D eigenvalue weighted by molar-refractivity contribution is 5.75. The first-order valence-electron chi connectivity index (χ1n) is 5.43. The Bertz CT molecular complexity index is 413. The minimum atomic E-state index is -0.552. The van der Waals surface area contributed by atoms with Crippen LogP contribution in [0.4, 0.5) is 0 Å². The van der Waals surface area contributed by atoms with Gasteiger partial charge in [-0.05, 0) is 13.0 Å². The Hall–Kier alpha value is -1.51. The van der Waals surface area contributed by atoms with E-state index in [1.54, 1.807) is 7.11 Å². The molecular weight excluding hydrogens is 204 g/mol. The van der Waals surface area contributed by atoms with Crippen molar-refractivity contribution in [3.05, 3.63) is 29.8 Å². The molecule has 3 heteroatoms. The first kappa shape index (κ1) is 11.0. The van der Waals surface area contributed by atoms with Crippen molar-refractivity contribution < 1.29 is 14.3 Å². The molecule has 1 aliphatic rings. The first-order chi connectivity index (χ1) is 7.57. The zero-order valence-corrected chi connectivity index (χ0v) is 9.82. The summed E-state index contributed by atoms with van der Waals surface area (Å²) >= 11 is 0. The smallest absolute Gasteiger partial charge is 0.309 e. The van der Waals surface area contributed by atoms with Crippen LogP contribution in [0.2, 0.25) is 0 Å². The number of hydrogen-bond acceptors (Lipinski definition) is 3. The van der Waals surface area contributed by atoms with Gasteiger partial charge in [0, 0.05) is 12.0 Å². The van der Waals surface area contributed by atoms with Crippen molar-refractivity contribution in [3.63, 3.8) is 0 Å². The van der Waals surface area contributed by atoms with Crippen LogP contribution in [0.5, 0.6) is 5.75 Å². The van der Waals surface area contributed by atoms with E-state index in [4.69, 9.17) is 9.47 Å². The summed E-state index contributed by atoms with van der Waals surface area (Å²) in [6, 6.07) is 7.67. The molecule has 3 nitrogen and oxygen atoms in total. The van der Waals surface area contributed by atoms with Crippen molar-refractivity contribution in [1.29, 1.82) is 0 Å². The maximum Gasteiger partial charge on any atom is 0.309 e. The first-order valence-corrected chi connectivity index (χ1v) is 5.43. The third kappa shape index (κ3) is 1.66. The number of rotatable bonds is 2. The third-order valence-electron chi connectivity index (χ3n) is 3.10. The molecular formula is C13H16O3. The van der Waals surface area contributed by atoms with Crippen LogP contribution in [-0.4, -0.2) is 13.1 Å². The molecule has 0 saturated carbocycles. The molecule has 0 amide bonds. The van der Waals surface area contributed by atoms with Crippen LogP contribution in [0, 0.1) is 5.92 Å². The highest BCUT2D eigenvalue weighted by atomic mass is 16.6. The fourth-order valence-corrected chi connectivity index (χ4v) is 2.28. The molecule has 1 aromatic carbocycles. The Morgan fingerprint density at radius 2 is 2.12 bits per heavy atom. The Balaban J connectivity index is 2.40. The van der Waals surface area contributed by atoms with Gasteiger partial charge in [0.2, 0.25) is 0 Å². The summed E-state index contributed by atoms with van der Waals surface area (Å²) in [6.07, 6.45) is 0.701. The van der Waals surface area contributed by atoms with E-state index in [0.717, 1.165) is 11.3 Å². The van der Waals surface area contributed by atoms with Crippen molar-refractivity contribution in [2.45, 2.75) is 25.9 Å². The zero-order chi connectivity index (χ0) is 11.8. The maximum atomic E-state index is 11.5. The van der Waals surface area contributed by atoms with Gasteiger partial charge in [-0.25, -0.2) is 0 Å². The third-order valence-corrected chi connectivity index (χ3v) is 3.10. The van der Waals surface area contributed by atoms with Gasteiger partial charge in [-0.2, -0.15) is 0 Å². The molecule has 16 heavy (non-hydrogen) atoms. The van der Waals surface area contributed by atoms with Crippen LogP contribution in [-0.2, 0) is 15.1 Å². The van der Waals surface area contributed by atoms with E-state index >= 15 is 0 Å². The topological polar surface area (TPSA) is 35.5 Å². The van der Waals surface area contributed by atoms with E-state index in [2.05, 4.69) is 0 Å². The van der Waals surface area contributed by atoms with Crippen molar-refractivity contribution >= 4 is 5.97 Å². The predicted molar refractivity (Wildman–Crippen MR) is 60.2 cm³/mol. The summed E-state index contributed by atoms with van der Waals surface area (Å²) < 4.78 is 10.8. The lowest BCUT2D eigenvalue weighted by Gasteiger charge is -2.25. The van der Waals surface area contributed by atoms with Gasteiger partial charge >= 0.3 is 5.97 Å². The molecule has 2 rings (SSSR count). The molecule has 86 valence electrons. The summed E-state index contributed by atoms with van der Waals surface area (Å²) in [5.74, 6) is 0.593.